The molecule has 0 aliphatic heterocycles. The molecule has 0 aromatic carbocycles. The molecule has 1 aromatic heterocycles. The lowest BCUT2D eigenvalue weighted by Gasteiger charge is -2.39. The fourth-order valence-electron chi connectivity index (χ4n) is 2.06. The number of rotatable bonds is 3. The first-order valence-corrected chi connectivity index (χ1v) is 5.07. The van der Waals surface area contributed by atoms with Crippen LogP contribution in [0, 0.1) is 0 Å². The minimum Gasteiger partial charge on any atom is -0.327 e. The van der Waals surface area contributed by atoms with Gasteiger partial charge in [0.2, 0.25) is 0 Å². The maximum atomic E-state index is 13.8. The third kappa shape index (κ3) is 1.80. The Bertz CT molecular complexity index is 315. The van der Waals surface area contributed by atoms with E-state index >= 15 is 0 Å². The average Bonchev–Trinajstić information content (AvgIpc) is 2.49. The summed E-state index contributed by atoms with van der Waals surface area (Å²) in [6.07, 6.45) is 5.09. The summed E-state index contributed by atoms with van der Waals surface area (Å²) in [5.74, 6) is 0. The van der Waals surface area contributed by atoms with E-state index in [4.69, 9.17) is 5.73 Å². The maximum Gasteiger partial charge on any atom is 0.118 e. The van der Waals surface area contributed by atoms with Gasteiger partial charge in [-0.25, -0.2) is 4.39 Å². The number of alkyl halides is 1. The second-order valence-electron chi connectivity index (χ2n) is 4.20. The van der Waals surface area contributed by atoms with Crippen molar-refractivity contribution in [1.29, 1.82) is 0 Å². The predicted molar refractivity (Wildman–Crippen MR) is 52.7 cm³/mol. The fraction of sp³-hybridized carbons (Fsp3) is 0.700. The van der Waals surface area contributed by atoms with Crippen LogP contribution < -0.4 is 5.73 Å². The van der Waals surface area contributed by atoms with E-state index in [0.717, 1.165) is 12.1 Å². The van der Waals surface area contributed by atoms with E-state index in [1.165, 1.54) is 0 Å². The standard InChI is InChI=1S/C10H16FN3/c1-2-14-7-8(6-13-14)3-10(11)4-9(12)5-10/h6-7,9H,2-5,12H2,1H3. The molecule has 0 saturated heterocycles. The van der Waals surface area contributed by atoms with Crippen LogP contribution in [0.1, 0.15) is 25.3 Å². The summed E-state index contributed by atoms with van der Waals surface area (Å²) in [7, 11) is 0. The Morgan fingerprint density at radius 2 is 2.43 bits per heavy atom. The van der Waals surface area contributed by atoms with E-state index < -0.39 is 5.67 Å². The van der Waals surface area contributed by atoms with Gasteiger partial charge in [0.05, 0.1) is 6.20 Å². The molecule has 1 fully saturated rings. The largest absolute Gasteiger partial charge is 0.327 e. The van der Waals surface area contributed by atoms with Crippen LogP contribution in [0.2, 0.25) is 0 Å². The highest BCUT2D eigenvalue weighted by molar-refractivity contribution is 5.12. The number of aryl methyl sites for hydroxylation is 1. The average molecular weight is 197 g/mol. The van der Waals surface area contributed by atoms with Gasteiger partial charge >= 0.3 is 0 Å². The van der Waals surface area contributed by atoms with Crippen LogP contribution >= 0.6 is 0 Å². The summed E-state index contributed by atoms with van der Waals surface area (Å²) < 4.78 is 15.7. The Kier molecular flexibility index (Phi) is 2.31. The summed E-state index contributed by atoms with van der Waals surface area (Å²) >= 11 is 0. The topological polar surface area (TPSA) is 43.8 Å². The van der Waals surface area contributed by atoms with Crippen molar-refractivity contribution in [2.45, 2.75) is 44.4 Å². The van der Waals surface area contributed by atoms with Crippen LogP contribution in [0.4, 0.5) is 4.39 Å². The Balaban J connectivity index is 1.97. The lowest BCUT2D eigenvalue weighted by Crippen LogP contribution is -2.49. The van der Waals surface area contributed by atoms with E-state index in [2.05, 4.69) is 5.10 Å². The lowest BCUT2D eigenvalue weighted by atomic mass is 9.74. The van der Waals surface area contributed by atoms with Gasteiger partial charge in [0.15, 0.2) is 0 Å². The van der Waals surface area contributed by atoms with E-state index in [0.29, 0.717) is 19.3 Å². The van der Waals surface area contributed by atoms with Crippen molar-refractivity contribution >= 4 is 0 Å². The van der Waals surface area contributed by atoms with E-state index in [1.54, 1.807) is 6.20 Å². The first kappa shape index (κ1) is 9.65. The highest BCUT2D eigenvalue weighted by atomic mass is 19.1. The third-order valence-electron chi connectivity index (χ3n) is 2.79. The molecule has 1 saturated carbocycles. The Labute approximate surface area is 83.1 Å². The molecular weight excluding hydrogens is 181 g/mol. The molecule has 4 heteroatoms. The number of hydrogen-bond donors (Lipinski definition) is 1. The van der Waals surface area contributed by atoms with E-state index in [1.807, 2.05) is 17.8 Å². The second kappa shape index (κ2) is 3.35. The van der Waals surface area contributed by atoms with Crippen molar-refractivity contribution in [3.8, 4) is 0 Å². The third-order valence-corrected chi connectivity index (χ3v) is 2.79. The van der Waals surface area contributed by atoms with Gasteiger partial charge in [-0.1, -0.05) is 0 Å². The molecule has 1 aliphatic rings. The maximum absolute atomic E-state index is 13.8. The molecular formula is C10H16FN3. The SMILES string of the molecule is CCn1cc(CC2(F)CC(N)C2)cn1. The molecule has 3 nitrogen and oxygen atoms in total. The van der Waals surface area contributed by atoms with Gasteiger partial charge < -0.3 is 5.73 Å². The highest BCUT2D eigenvalue weighted by Gasteiger charge is 2.43. The Morgan fingerprint density at radius 1 is 1.71 bits per heavy atom. The summed E-state index contributed by atoms with van der Waals surface area (Å²) in [5.41, 5.74) is 5.48. The van der Waals surface area contributed by atoms with Gasteiger partial charge in [0, 0.05) is 25.2 Å². The number of aromatic nitrogens is 2. The molecule has 78 valence electrons. The van der Waals surface area contributed by atoms with Crippen LogP contribution in [0.15, 0.2) is 12.4 Å². The van der Waals surface area contributed by atoms with Crippen LogP contribution in [-0.2, 0) is 13.0 Å². The van der Waals surface area contributed by atoms with Crippen LogP contribution in [0.25, 0.3) is 0 Å². The molecule has 2 rings (SSSR count). The quantitative estimate of drug-likeness (QED) is 0.793. The Morgan fingerprint density at radius 3 is 2.93 bits per heavy atom. The zero-order chi connectivity index (χ0) is 10.2. The zero-order valence-electron chi connectivity index (χ0n) is 8.41. The molecule has 14 heavy (non-hydrogen) atoms. The fourth-order valence-corrected chi connectivity index (χ4v) is 2.06. The highest BCUT2D eigenvalue weighted by Crippen LogP contribution is 2.37. The predicted octanol–water partition coefficient (Wildman–Crippen LogP) is 1.27. The van der Waals surface area contributed by atoms with Crippen LogP contribution in [0.3, 0.4) is 0 Å². The minimum absolute atomic E-state index is 0.0567. The molecule has 0 atom stereocenters. The molecule has 1 aliphatic carbocycles. The molecule has 0 radical (unpaired) electrons. The zero-order valence-corrected chi connectivity index (χ0v) is 8.41. The monoisotopic (exact) mass is 197 g/mol. The van der Waals surface area contributed by atoms with Gasteiger partial charge in [0.25, 0.3) is 0 Å². The summed E-state index contributed by atoms with van der Waals surface area (Å²) in [5, 5.41) is 4.12. The normalized spacial score (nSPS) is 31.5. The summed E-state index contributed by atoms with van der Waals surface area (Å²) in [4.78, 5) is 0. The first-order chi connectivity index (χ1) is 6.61. The van der Waals surface area contributed by atoms with Crippen molar-refractivity contribution in [2.75, 3.05) is 0 Å². The van der Waals surface area contributed by atoms with Gasteiger partial charge in [-0.3, -0.25) is 4.68 Å². The molecule has 0 amide bonds. The summed E-state index contributed by atoms with van der Waals surface area (Å²) in [6.45, 7) is 2.85. The minimum atomic E-state index is -1.07. The van der Waals surface area contributed by atoms with E-state index in [-0.39, 0.29) is 6.04 Å². The molecule has 0 spiro atoms. The first-order valence-electron chi connectivity index (χ1n) is 5.07. The molecule has 2 N–H and O–H groups in total. The number of halogens is 1. The lowest BCUT2D eigenvalue weighted by molar-refractivity contribution is 0.0444. The second-order valence-corrected chi connectivity index (χ2v) is 4.20. The number of nitrogens with two attached hydrogens (primary N) is 1. The van der Waals surface area contributed by atoms with E-state index in [9.17, 15) is 4.39 Å². The van der Waals surface area contributed by atoms with Crippen molar-refractivity contribution in [3.63, 3.8) is 0 Å². The van der Waals surface area contributed by atoms with Gasteiger partial charge in [0.1, 0.15) is 5.67 Å². The van der Waals surface area contributed by atoms with Gasteiger partial charge in [-0.15, -0.1) is 0 Å². The van der Waals surface area contributed by atoms with Crippen LogP contribution in [0.5, 0.6) is 0 Å². The van der Waals surface area contributed by atoms with Crippen LogP contribution in [-0.4, -0.2) is 21.5 Å². The molecule has 1 heterocycles. The smallest absolute Gasteiger partial charge is 0.118 e. The Hall–Kier alpha value is -0.900. The van der Waals surface area contributed by atoms with Crippen molar-refractivity contribution in [1.82, 2.24) is 9.78 Å². The molecule has 0 unspecified atom stereocenters. The molecule has 0 bridgehead atoms. The van der Waals surface area contributed by atoms with Crippen molar-refractivity contribution in [2.24, 2.45) is 5.73 Å². The molecule has 1 aromatic rings. The van der Waals surface area contributed by atoms with Gasteiger partial charge in [-0.2, -0.15) is 5.10 Å². The number of nitrogens with zero attached hydrogens (tertiary/aromatic N) is 2. The van der Waals surface area contributed by atoms with Crippen molar-refractivity contribution in [3.05, 3.63) is 18.0 Å². The number of hydrogen-bond acceptors (Lipinski definition) is 2. The van der Waals surface area contributed by atoms with Gasteiger partial charge in [-0.05, 0) is 25.3 Å². The summed E-state index contributed by atoms with van der Waals surface area (Å²) in [6, 6.07) is 0.0567. The van der Waals surface area contributed by atoms with Crippen molar-refractivity contribution < 1.29 is 4.39 Å².